The largest absolute Gasteiger partial charge is 0.343 e. The van der Waals surface area contributed by atoms with E-state index in [0.29, 0.717) is 23.3 Å². The van der Waals surface area contributed by atoms with Gasteiger partial charge in [0, 0.05) is 32.7 Å². The predicted molar refractivity (Wildman–Crippen MR) is 242 cm³/mol. The van der Waals surface area contributed by atoms with Crippen molar-refractivity contribution in [1.29, 1.82) is 0 Å². The van der Waals surface area contributed by atoms with Gasteiger partial charge < -0.3 is 5.32 Å². The molecule has 0 saturated heterocycles. The molecule has 10 rings (SSSR count). The fraction of sp³-hybridized carbons (Fsp3) is 0.0192. The number of rotatable bonds is 9. The van der Waals surface area contributed by atoms with Crippen LogP contribution in [-0.2, 0) is 0 Å². The van der Waals surface area contributed by atoms with Crippen LogP contribution in [0.5, 0.6) is 0 Å². The third-order valence-corrected chi connectivity index (χ3v) is 11.2. The summed E-state index contributed by atoms with van der Waals surface area (Å²) in [5.74, 6) is 3.39. The third kappa shape index (κ3) is 7.50. The fourth-order valence-electron chi connectivity index (χ4n) is 7.44. The molecule has 280 valence electrons. The maximum Gasteiger partial charge on any atom is 0.164 e. The average Bonchev–Trinajstić information content (AvgIpc) is 3.88. The normalized spacial score (nSPS) is 13.6. The van der Waals surface area contributed by atoms with Gasteiger partial charge in [-0.1, -0.05) is 182 Å². The Labute approximate surface area is 347 Å². The summed E-state index contributed by atoms with van der Waals surface area (Å²) in [5, 5.41) is 5.65. The van der Waals surface area contributed by atoms with Crippen molar-refractivity contribution < 1.29 is 0 Å². The number of amidine groups is 2. The number of benzene rings is 7. The van der Waals surface area contributed by atoms with Crippen molar-refractivity contribution in [2.45, 2.75) is 6.17 Å². The van der Waals surface area contributed by atoms with Gasteiger partial charge in [0.05, 0.1) is 0 Å². The highest BCUT2D eigenvalue weighted by Crippen LogP contribution is 2.39. The summed E-state index contributed by atoms with van der Waals surface area (Å²) in [6.07, 6.45) is -0.233. The first-order valence-electron chi connectivity index (χ1n) is 19.5. The molecule has 6 nitrogen and oxygen atoms in total. The molecule has 0 bridgehead atoms. The van der Waals surface area contributed by atoms with E-state index >= 15 is 0 Å². The number of nitrogens with one attached hydrogen (secondary N) is 1. The predicted octanol–water partition coefficient (Wildman–Crippen LogP) is 12.4. The van der Waals surface area contributed by atoms with Gasteiger partial charge >= 0.3 is 0 Å². The second kappa shape index (κ2) is 16.1. The molecular weight excluding hydrogens is 741 g/mol. The van der Waals surface area contributed by atoms with E-state index in [1.54, 1.807) is 11.3 Å². The lowest BCUT2D eigenvalue weighted by atomic mass is 9.88. The summed E-state index contributed by atoms with van der Waals surface area (Å²) in [4.78, 5) is 26.3. The van der Waals surface area contributed by atoms with Crippen molar-refractivity contribution in [2.24, 2.45) is 9.98 Å². The summed E-state index contributed by atoms with van der Waals surface area (Å²) < 4.78 is 0. The second-order valence-electron chi connectivity index (χ2n) is 14.1. The van der Waals surface area contributed by atoms with Gasteiger partial charge in [0.2, 0.25) is 0 Å². The molecule has 9 aromatic rings. The van der Waals surface area contributed by atoms with Gasteiger partial charge in [-0.15, -0.1) is 11.3 Å². The van der Waals surface area contributed by atoms with Crippen LogP contribution < -0.4 is 5.32 Å². The van der Waals surface area contributed by atoms with E-state index in [0.717, 1.165) is 71.9 Å². The minimum atomic E-state index is -0.233. The number of aromatic nitrogens is 3. The van der Waals surface area contributed by atoms with E-state index in [1.165, 1.54) is 0 Å². The Balaban J connectivity index is 1.04. The van der Waals surface area contributed by atoms with Crippen molar-refractivity contribution in [3.63, 3.8) is 0 Å². The average molecular weight is 777 g/mol. The molecule has 1 atom stereocenters. The summed E-state index contributed by atoms with van der Waals surface area (Å²) in [5.41, 5.74) is 11.4. The van der Waals surface area contributed by atoms with Gasteiger partial charge in [-0.2, -0.15) is 0 Å². The zero-order valence-electron chi connectivity index (χ0n) is 31.9. The van der Waals surface area contributed by atoms with Crippen LogP contribution in [0.3, 0.4) is 0 Å². The first-order chi connectivity index (χ1) is 29.2. The number of thiophene rings is 1. The molecule has 59 heavy (non-hydrogen) atoms. The van der Waals surface area contributed by atoms with E-state index in [4.69, 9.17) is 24.9 Å². The highest BCUT2D eigenvalue weighted by molar-refractivity contribution is 7.10. The fourth-order valence-corrected chi connectivity index (χ4v) is 8.16. The highest BCUT2D eigenvalue weighted by Gasteiger charge is 2.22. The smallest absolute Gasteiger partial charge is 0.164 e. The molecule has 2 aromatic heterocycles. The van der Waals surface area contributed by atoms with Crippen LogP contribution in [-0.4, -0.2) is 26.6 Å². The summed E-state index contributed by atoms with van der Waals surface area (Å²) >= 11 is 1.69. The van der Waals surface area contributed by atoms with E-state index in [9.17, 15) is 0 Å². The maximum atomic E-state index is 5.13. The van der Waals surface area contributed by atoms with Gasteiger partial charge in [-0.3, -0.25) is 0 Å². The molecule has 1 unspecified atom stereocenters. The Kier molecular flexibility index (Phi) is 9.76. The van der Waals surface area contributed by atoms with Crippen LogP contribution in [0.15, 0.2) is 216 Å². The highest BCUT2D eigenvalue weighted by atomic mass is 32.1. The van der Waals surface area contributed by atoms with Crippen LogP contribution >= 0.6 is 11.3 Å². The van der Waals surface area contributed by atoms with Gasteiger partial charge in [0.25, 0.3) is 0 Å². The lowest BCUT2D eigenvalue weighted by molar-refractivity contribution is 0.687. The maximum absolute atomic E-state index is 5.13. The Morgan fingerprint density at radius 2 is 0.814 bits per heavy atom. The molecule has 7 aromatic carbocycles. The number of aliphatic imine (C=N–C) groups is 2. The molecule has 7 heteroatoms. The lowest BCUT2D eigenvalue weighted by Crippen LogP contribution is -2.33. The molecule has 0 amide bonds. The SMILES string of the molecule is c1ccc(C2=NC(c3cccc(-c4ccccc4-c4ccccc4-c4cccc(-c5nc(-c6ccccc6)nc(-c6ccccc6)n5)c4)c3)=NC(c3cccs3)N2)cc1. The Morgan fingerprint density at radius 1 is 0.373 bits per heavy atom. The first-order valence-corrected chi connectivity index (χ1v) is 20.4. The minimum Gasteiger partial charge on any atom is -0.343 e. The van der Waals surface area contributed by atoms with Gasteiger partial charge in [0.1, 0.15) is 5.84 Å². The zero-order valence-corrected chi connectivity index (χ0v) is 32.7. The van der Waals surface area contributed by atoms with Crippen molar-refractivity contribution in [2.75, 3.05) is 0 Å². The van der Waals surface area contributed by atoms with Crippen molar-refractivity contribution in [1.82, 2.24) is 20.3 Å². The number of nitrogens with zero attached hydrogens (tertiary/aromatic N) is 5. The monoisotopic (exact) mass is 776 g/mol. The Bertz CT molecular complexity index is 2900. The van der Waals surface area contributed by atoms with Crippen LogP contribution in [0.2, 0.25) is 0 Å². The molecule has 0 spiro atoms. The van der Waals surface area contributed by atoms with Crippen LogP contribution in [0.1, 0.15) is 22.2 Å². The molecule has 1 aliphatic heterocycles. The van der Waals surface area contributed by atoms with Crippen LogP contribution in [0.25, 0.3) is 67.5 Å². The molecule has 1 aliphatic rings. The van der Waals surface area contributed by atoms with Crippen LogP contribution in [0.4, 0.5) is 0 Å². The van der Waals surface area contributed by atoms with Gasteiger partial charge in [-0.05, 0) is 57.0 Å². The molecule has 0 aliphatic carbocycles. The third-order valence-electron chi connectivity index (χ3n) is 10.3. The lowest BCUT2D eigenvalue weighted by Gasteiger charge is -2.22. The van der Waals surface area contributed by atoms with E-state index < -0.39 is 0 Å². The molecular formula is C52H36N6S. The van der Waals surface area contributed by atoms with Crippen molar-refractivity contribution in [3.8, 4) is 67.5 Å². The van der Waals surface area contributed by atoms with E-state index in [1.807, 2.05) is 78.9 Å². The van der Waals surface area contributed by atoms with E-state index in [2.05, 4.69) is 132 Å². The summed E-state index contributed by atoms with van der Waals surface area (Å²) in [6.45, 7) is 0. The zero-order chi connectivity index (χ0) is 39.4. The number of hydrogen-bond acceptors (Lipinski definition) is 7. The standard InChI is InChI=1S/C52H36N6S/c1-4-17-35(18-5-1)47-53-48(36-19-6-2-7-20-36)55-50(54-47)40-25-14-23-38(33-40)42-27-10-12-29-44(42)45-30-13-11-28-43(45)39-24-15-26-41(34-39)51-56-49(37-21-8-3-9-22-37)57-52(58-51)46-31-16-32-59-46/h1-34,52H,(H,56,57,58). The van der Waals surface area contributed by atoms with Crippen molar-refractivity contribution >= 4 is 23.0 Å². The Morgan fingerprint density at radius 3 is 1.36 bits per heavy atom. The number of hydrogen-bond donors (Lipinski definition) is 1. The molecule has 1 N–H and O–H groups in total. The van der Waals surface area contributed by atoms with E-state index in [-0.39, 0.29) is 6.17 Å². The van der Waals surface area contributed by atoms with Gasteiger partial charge in [0.15, 0.2) is 29.5 Å². The Hall–Kier alpha value is -7.61. The summed E-state index contributed by atoms with van der Waals surface area (Å²) in [6, 6.07) is 68.8. The molecule has 3 heterocycles. The second-order valence-corrected chi connectivity index (χ2v) is 15.1. The molecule has 0 radical (unpaired) electrons. The van der Waals surface area contributed by atoms with Gasteiger partial charge in [-0.25, -0.2) is 24.9 Å². The minimum absolute atomic E-state index is 0.233. The first kappa shape index (κ1) is 35.8. The summed E-state index contributed by atoms with van der Waals surface area (Å²) in [7, 11) is 0. The molecule has 0 saturated carbocycles. The topological polar surface area (TPSA) is 75.4 Å². The molecule has 0 fully saturated rings. The quantitative estimate of drug-likeness (QED) is 0.158. The van der Waals surface area contributed by atoms with Crippen LogP contribution in [0, 0.1) is 0 Å². The van der Waals surface area contributed by atoms with Crippen molar-refractivity contribution in [3.05, 3.63) is 222 Å².